The van der Waals surface area contributed by atoms with Crippen LogP contribution in [0.2, 0.25) is 0 Å². The number of likely N-dealkylation sites (tertiary alicyclic amines) is 1. The summed E-state index contributed by atoms with van der Waals surface area (Å²) in [6.45, 7) is 2.14. The highest BCUT2D eigenvalue weighted by molar-refractivity contribution is 7.13. The molecule has 0 saturated carbocycles. The lowest BCUT2D eigenvalue weighted by Gasteiger charge is -2.30. The van der Waals surface area contributed by atoms with E-state index in [0.717, 1.165) is 29.8 Å². The Kier molecular flexibility index (Phi) is 4.55. The Morgan fingerprint density at radius 2 is 2.27 bits per heavy atom. The molecule has 3 nitrogen and oxygen atoms in total. The van der Waals surface area contributed by atoms with Gasteiger partial charge in [-0.05, 0) is 48.5 Å². The number of nitrogens with zero attached hydrogens (tertiary/aromatic N) is 1. The van der Waals surface area contributed by atoms with Gasteiger partial charge in [-0.25, -0.2) is 4.39 Å². The highest BCUT2D eigenvalue weighted by Gasteiger charge is 2.25. The normalized spacial score (nSPS) is 19.2. The molecule has 0 bridgehead atoms. The average molecular weight is 319 g/mol. The summed E-state index contributed by atoms with van der Waals surface area (Å²) in [4.78, 5) is 14.2. The van der Waals surface area contributed by atoms with E-state index in [9.17, 15) is 9.18 Å². The van der Waals surface area contributed by atoms with Crippen LogP contribution >= 0.6 is 11.3 Å². The minimum Gasteiger partial charge on any atom is -0.481 e. The summed E-state index contributed by atoms with van der Waals surface area (Å²) in [5.41, 5.74) is 1.65. The summed E-state index contributed by atoms with van der Waals surface area (Å²) in [7, 11) is 0. The number of aliphatic carboxylic acids is 1. The van der Waals surface area contributed by atoms with Crippen LogP contribution in [0, 0.1) is 11.7 Å². The van der Waals surface area contributed by atoms with Crippen molar-refractivity contribution in [3.8, 4) is 10.4 Å². The lowest BCUT2D eigenvalue weighted by molar-refractivity contribution is -0.143. The van der Waals surface area contributed by atoms with Gasteiger partial charge in [0.15, 0.2) is 0 Å². The van der Waals surface area contributed by atoms with Gasteiger partial charge in [-0.3, -0.25) is 9.69 Å². The molecule has 3 rings (SSSR count). The zero-order valence-corrected chi connectivity index (χ0v) is 13.0. The van der Waals surface area contributed by atoms with Gasteiger partial charge in [0.1, 0.15) is 5.82 Å². The Morgan fingerprint density at radius 1 is 1.41 bits per heavy atom. The summed E-state index contributed by atoms with van der Waals surface area (Å²) in [5, 5.41) is 11.1. The van der Waals surface area contributed by atoms with Crippen LogP contribution in [0.3, 0.4) is 0 Å². The molecule has 22 heavy (non-hydrogen) atoms. The molecule has 2 heterocycles. The summed E-state index contributed by atoms with van der Waals surface area (Å²) >= 11 is 1.52. The number of hydrogen-bond acceptors (Lipinski definition) is 3. The van der Waals surface area contributed by atoms with Crippen molar-refractivity contribution in [2.24, 2.45) is 5.92 Å². The van der Waals surface area contributed by atoms with E-state index < -0.39 is 5.97 Å². The minimum atomic E-state index is -0.719. The van der Waals surface area contributed by atoms with Crippen LogP contribution in [0.15, 0.2) is 35.7 Å². The third-order valence-corrected chi connectivity index (χ3v) is 4.98. The molecule has 0 spiro atoms. The van der Waals surface area contributed by atoms with Crippen molar-refractivity contribution in [2.75, 3.05) is 13.1 Å². The Balaban J connectivity index is 1.75. The number of piperidine rings is 1. The van der Waals surface area contributed by atoms with Crippen molar-refractivity contribution in [1.29, 1.82) is 0 Å². The Morgan fingerprint density at radius 3 is 3.00 bits per heavy atom. The van der Waals surface area contributed by atoms with Gasteiger partial charge in [-0.2, -0.15) is 0 Å². The van der Waals surface area contributed by atoms with Crippen molar-refractivity contribution in [3.63, 3.8) is 0 Å². The first-order chi connectivity index (χ1) is 10.6. The summed E-state index contributed by atoms with van der Waals surface area (Å²) in [6, 6.07) is 8.99. The quantitative estimate of drug-likeness (QED) is 0.930. The van der Waals surface area contributed by atoms with E-state index in [0.29, 0.717) is 18.7 Å². The lowest BCUT2D eigenvalue weighted by Crippen LogP contribution is -2.38. The number of rotatable bonds is 4. The topological polar surface area (TPSA) is 40.5 Å². The van der Waals surface area contributed by atoms with E-state index in [-0.39, 0.29) is 11.7 Å². The number of carbonyl (C=O) groups is 1. The number of hydrogen-bond donors (Lipinski definition) is 1. The van der Waals surface area contributed by atoms with Crippen molar-refractivity contribution in [1.82, 2.24) is 4.90 Å². The molecule has 0 amide bonds. The van der Waals surface area contributed by atoms with Gasteiger partial charge >= 0.3 is 5.97 Å². The first-order valence-electron chi connectivity index (χ1n) is 7.41. The van der Waals surface area contributed by atoms with E-state index in [1.54, 1.807) is 6.07 Å². The van der Waals surface area contributed by atoms with Gasteiger partial charge in [0.2, 0.25) is 0 Å². The fourth-order valence-electron chi connectivity index (χ4n) is 2.95. The van der Waals surface area contributed by atoms with Gasteiger partial charge in [0, 0.05) is 23.5 Å². The van der Waals surface area contributed by atoms with E-state index in [2.05, 4.69) is 4.90 Å². The summed E-state index contributed by atoms with van der Waals surface area (Å²) in [5.74, 6) is -1.22. The molecule has 1 atom stereocenters. The predicted molar refractivity (Wildman–Crippen MR) is 85.3 cm³/mol. The van der Waals surface area contributed by atoms with Crippen molar-refractivity contribution < 1.29 is 14.3 Å². The Bertz CT molecular complexity index is 657. The molecular formula is C17H18FNO2S. The van der Waals surface area contributed by atoms with E-state index in [1.165, 1.54) is 17.4 Å². The number of carboxylic acids is 1. The molecule has 5 heteroatoms. The second kappa shape index (κ2) is 6.58. The molecule has 116 valence electrons. The smallest absolute Gasteiger partial charge is 0.307 e. The standard InChI is InChI=1S/C17H18FNO2S/c18-15-6-5-12(9-14(15)16-4-2-8-22-16)10-19-7-1-3-13(11-19)17(20)21/h2,4-6,8-9,13H,1,3,7,10-11H2,(H,20,21). The molecule has 1 saturated heterocycles. The molecule has 0 aliphatic carbocycles. The molecule has 1 aromatic heterocycles. The summed E-state index contributed by atoms with van der Waals surface area (Å²) < 4.78 is 14.0. The molecular weight excluding hydrogens is 301 g/mol. The molecule has 0 radical (unpaired) electrons. The summed E-state index contributed by atoms with van der Waals surface area (Å²) in [6.07, 6.45) is 1.64. The minimum absolute atomic E-state index is 0.215. The molecule has 1 aliphatic heterocycles. The first kappa shape index (κ1) is 15.2. The zero-order valence-electron chi connectivity index (χ0n) is 12.2. The fourth-order valence-corrected chi connectivity index (χ4v) is 3.69. The van der Waals surface area contributed by atoms with E-state index >= 15 is 0 Å². The SMILES string of the molecule is O=C(O)C1CCCN(Cc2ccc(F)c(-c3cccs3)c2)C1. The Labute approximate surface area is 133 Å². The Hall–Kier alpha value is -1.72. The van der Waals surface area contributed by atoms with Crippen molar-refractivity contribution >= 4 is 17.3 Å². The molecule has 1 fully saturated rings. The van der Waals surface area contributed by atoms with Crippen LogP contribution < -0.4 is 0 Å². The van der Waals surface area contributed by atoms with Crippen LogP contribution in [0.1, 0.15) is 18.4 Å². The van der Waals surface area contributed by atoms with Crippen molar-refractivity contribution in [2.45, 2.75) is 19.4 Å². The average Bonchev–Trinajstić information content (AvgIpc) is 3.03. The first-order valence-corrected chi connectivity index (χ1v) is 8.29. The van der Waals surface area contributed by atoms with E-state index in [1.807, 2.05) is 23.6 Å². The molecule has 1 N–H and O–H groups in total. The van der Waals surface area contributed by atoms with E-state index in [4.69, 9.17) is 5.11 Å². The maximum atomic E-state index is 14.0. The molecule has 1 aromatic carbocycles. The molecule has 1 aliphatic rings. The number of thiophene rings is 1. The van der Waals surface area contributed by atoms with Gasteiger partial charge in [0.25, 0.3) is 0 Å². The van der Waals surface area contributed by atoms with Crippen LogP contribution in [0.25, 0.3) is 10.4 Å². The maximum Gasteiger partial charge on any atom is 0.307 e. The van der Waals surface area contributed by atoms with Crippen LogP contribution in [0.4, 0.5) is 4.39 Å². The molecule has 1 unspecified atom stereocenters. The van der Waals surface area contributed by atoms with Gasteiger partial charge in [-0.1, -0.05) is 12.1 Å². The van der Waals surface area contributed by atoms with Gasteiger partial charge < -0.3 is 5.11 Å². The number of benzene rings is 1. The zero-order chi connectivity index (χ0) is 15.5. The third-order valence-electron chi connectivity index (χ3n) is 4.08. The number of carboxylic acid groups (broad SMARTS) is 1. The predicted octanol–water partition coefficient (Wildman–Crippen LogP) is 3.85. The maximum absolute atomic E-state index is 14.0. The van der Waals surface area contributed by atoms with Gasteiger partial charge in [0.05, 0.1) is 5.92 Å². The highest BCUT2D eigenvalue weighted by atomic mass is 32.1. The lowest BCUT2D eigenvalue weighted by atomic mass is 9.97. The van der Waals surface area contributed by atoms with Crippen LogP contribution in [0.5, 0.6) is 0 Å². The second-order valence-electron chi connectivity index (χ2n) is 5.70. The monoisotopic (exact) mass is 319 g/mol. The number of halogens is 1. The van der Waals surface area contributed by atoms with Crippen LogP contribution in [-0.2, 0) is 11.3 Å². The largest absolute Gasteiger partial charge is 0.481 e. The van der Waals surface area contributed by atoms with Gasteiger partial charge in [-0.15, -0.1) is 11.3 Å². The molecule has 2 aromatic rings. The fraction of sp³-hybridized carbons (Fsp3) is 0.353. The van der Waals surface area contributed by atoms with Crippen molar-refractivity contribution in [3.05, 3.63) is 47.1 Å². The van der Waals surface area contributed by atoms with Crippen LogP contribution in [-0.4, -0.2) is 29.1 Å². The third kappa shape index (κ3) is 3.36. The second-order valence-corrected chi connectivity index (χ2v) is 6.65. The highest BCUT2D eigenvalue weighted by Crippen LogP contribution is 2.29.